The second-order valence-corrected chi connectivity index (χ2v) is 10.1. The van der Waals surface area contributed by atoms with Gasteiger partial charge in [-0.25, -0.2) is 9.79 Å². The maximum atomic E-state index is 13.5. The van der Waals surface area contributed by atoms with E-state index in [-0.39, 0.29) is 12.2 Å². The molecule has 0 saturated carbocycles. The van der Waals surface area contributed by atoms with Crippen LogP contribution in [0.4, 0.5) is 0 Å². The molecule has 4 rings (SSSR count). The topological polar surface area (TPSA) is 60.7 Å². The Kier molecular flexibility index (Phi) is 6.59. The third kappa shape index (κ3) is 4.47. The Morgan fingerprint density at radius 2 is 1.90 bits per heavy atom. The second kappa shape index (κ2) is 9.22. The largest absolute Gasteiger partial charge is 0.463 e. The Bertz CT molecular complexity index is 1360. The molecule has 158 valence electrons. The van der Waals surface area contributed by atoms with Gasteiger partial charge in [-0.2, -0.15) is 0 Å². The van der Waals surface area contributed by atoms with Gasteiger partial charge in [0.25, 0.3) is 5.56 Å². The van der Waals surface area contributed by atoms with E-state index < -0.39 is 12.0 Å². The van der Waals surface area contributed by atoms with Crippen LogP contribution in [-0.4, -0.2) is 17.1 Å². The van der Waals surface area contributed by atoms with Gasteiger partial charge >= 0.3 is 5.97 Å². The van der Waals surface area contributed by atoms with Crippen LogP contribution in [0.25, 0.3) is 6.08 Å². The molecule has 2 heterocycles. The molecule has 5 nitrogen and oxygen atoms in total. The zero-order chi connectivity index (χ0) is 22.1. The van der Waals surface area contributed by atoms with Gasteiger partial charge < -0.3 is 4.74 Å². The summed E-state index contributed by atoms with van der Waals surface area (Å²) >= 11 is 7.02. The number of hydrogen-bond acceptors (Lipinski definition) is 5. The summed E-state index contributed by atoms with van der Waals surface area (Å²) in [6.45, 7) is 3.80. The summed E-state index contributed by atoms with van der Waals surface area (Å²) in [6.07, 6.45) is 1.86. The molecule has 2 aromatic carbocycles. The lowest BCUT2D eigenvalue weighted by molar-refractivity contribution is -0.139. The minimum atomic E-state index is -0.595. The first-order valence-electron chi connectivity index (χ1n) is 9.59. The van der Waals surface area contributed by atoms with Crippen LogP contribution >= 0.6 is 49.9 Å². The van der Waals surface area contributed by atoms with Gasteiger partial charge in [0.2, 0.25) is 0 Å². The van der Waals surface area contributed by atoms with Crippen molar-refractivity contribution in [1.82, 2.24) is 4.57 Å². The molecule has 0 fully saturated rings. The van der Waals surface area contributed by atoms with Crippen LogP contribution in [0.1, 0.15) is 31.0 Å². The van der Waals surface area contributed by atoms with Crippen LogP contribution in [0.15, 0.2) is 74.1 Å². The summed E-state index contributed by atoms with van der Waals surface area (Å²) < 4.78 is 9.52. The Balaban J connectivity index is 1.94. The smallest absolute Gasteiger partial charge is 0.338 e. The number of allylic oxidation sites excluding steroid dienone is 1. The molecule has 0 bridgehead atoms. The van der Waals surface area contributed by atoms with E-state index in [9.17, 15) is 9.59 Å². The summed E-state index contributed by atoms with van der Waals surface area (Å²) in [7, 11) is 0. The van der Waals surface area contributed by atoms with Gasteiger partial charge in [0.1, 0.15) is 0 Å². The Labute approximate surface area is 205 Å². The number of carbonyl (C=O) groups is 1. The molecule has 0 unspecified atom stereocenters. The molecule has 1 atom stereocenters. The van der Waals surface area contributed by atoms with Crippen LogP contribution < -0.4 is 14.9 Å². The molecule has 0 radical (unpaired) electrons. The van der Waals surface area contributed by atoms with Crippen molar-refractivity contribution < 1.29 is 9.53 Å². The third-order valence-electron chi connectivity index (χ3n) is 4.87. The summed E-state index contributed by atoms with van der Waals surface area (Å²) in [5.74, 6) is -0.455. The average Bonchev–Trinajstić information content (AvgIpc) is 3.04. The molecule has 0 N–H and O–H groups in total. The van der Waals surface area contributed by atoms with Crippen LogP contribution in [-0.2, 0) is 9.53 Å². The lowest BCUT2D eigenvalue weighted by Crippen LogP contribution is -2.39. The van der Waals surface area contributed by atoms with E-state index in [1.807, 2.05) is 54.6 Å². The maximum Gasteiger partial charge on any atom is 0.338 e. The van der Waals surface area contributed by atoms with E-state index in [4.69, 9.17) is 4.74 Å². The number of fused-ring (bicyclic) bond motifs is 1. The zero-order valence-corrected chi connectivity index (χ0v) is 21.3. The van der Waals surface area contributed by atoms with Crippen molar-refractivity contribution >= 4 is 61.9 Å². The van der Waals surface area contributed by atoms with Crippen LogP contribution in [0.5, 0.6) is 0 Å². The second-order valence-electron chi connectivity index (χ2n) is 6.91. The first-order chi connectivity index (χ1) is 14.9. The van der Waals surface area contributed by atoms with Crippen molar-refractivity contribution in [3.05, 3.63) is 98.7 Å². The summed E-state index contributed by atoms with van der Waals surface area (Å²) in [5, 5.41) is 0. The predicted molar refractivity (Wildman–Crippen MR) is 134 cm³/mol. The molecule has 1 aliphatic rings. The minimum Gasteiger partial charge on any atom is -0.463 e. The van der Waals surface area contributed by atoms with Crippen LogP contribution in [0.2, 0.25) is 0 Å². The third-order valence-corrected chi connectivity index (χ3v) is 7.10. The molecule has 1 aliphatic heterocycles. The molecule has 3 aromatic rings. The zero-order valence-electron chi connectivity index (χ0n) is 16.8. The molecule has 31 heavy (non-hydrogen) atoms. The van der Waals surface area contributed by atoms with Crippen molar-refractivity contribution in [3.63, 3.8) is 0 Å². The number of aromatic nitrogens is 1. The highest BCUT2D eigenvalue weighted by molar-refractivity contribution is 14.1. The van der Waals surface area contributed by atoms with Crippen molar-refractivity contribution in [2.75, 3.05) is 6.61 Å². The highest BCUT2D eigenvalue weighted by atomic mass is 127. The summed E-state index contributed by atoms with van der Waals surface area (Å²) in [4.78, 5) is 31.5. The van der Waals surface area contributed by atoms with E-state index in [1.54, 1.807) is 18.4 Å². The van der Waals surface area contributed by atoms with Gasteiger partial charge in [0.05, 0.1) is 28.5 Å². The fourth-order valence-electron chi connectivity index (χ4n) is 3.46. The van der Waals surface area contributed by atoms with Gasteiger partial charge in [0.15, 0.2) is 4.80 Å². The lowest BCUT2D eigenvalue weighted by atomic mass is 9.96. The van der Waals surface area contributed by atoms with Gasteiger partial charge in [0, 0.05) is 8.04 Å². The molecule has 0 aliphatic carbocycles. The Hall–Kier alpha value is -2.04. The van der Waals surface area contributed by atoms with Crippen LogP contribution in [0, 0.1) is 3.57 Å². The van der Waals surface area contributed by atoms with E-state index >= 15 is 0 Å². The summed E-state index contributed by atoms with van der Waals surface area (Å²) in [5.41, 5.74) is 2.53. The molecule has 1 aromatic heterocycles. The normalized spacial score (nSPS) is 16.1. The fourth-order valence-corrected chi connectivity index (χ4v) is 5.13. The minimum absolute atomic E-state index is 0.176. The number of thiazole rings is 1. The summed E-state index contributed by atoms with van der Waals surface area (Å²) in [6, 6.07) is 15.0. The number of ether oxygens (including phenoxy) is 1. The monoisotopic (exact) mass is 608 g/mol. The van der Waals surface area contributed by atoms with E-state index in [2.05, 4.69) is 43.5 Å². The fraction of sp³-hybridized carbons (Fsp3) is 0.174. The Morgan fingerprint density at radius 1 is 1.23 bits per heavy atom. The average molecular weight is 609 g/mol. The number of esters is 1. The number of hydrogen-bond donors (Lipinski definition) is 0. The lowest BCUT2D eigenvalue weighted by Gasteiger charge is -2.24. The number of rotatable bonds is 4. The van der Waals surface area contributed by atoms with Gasteiger partial charge in [-0.05, 0) is 77.9 Å². The Morgan fingerprint density at radius 3 is 2.55 bits per heavy atom. The molecule has 0 spiro atoms. The number of benzene rings is 2. The quantitative estimate of drug-likeness (QED) is 0.330. The molecule has 0 amide bonds. The van der Waals surface area contributed by atoms with E-state index in [1.165, 1.54) is 11.3 Å². The van der Waals surface area contributed by atoms with Crippen molar-refractivity contribution in [3.8, 4) is 0 Å². The van der Waals surface area contributed by atoms with Gasteiger partial charge in [-0.15, -0.1) is 0 Å². The number of nitrogens with zero attached hydrogens (tertiary/aromatic N) is 2. The molecule has 8 heteroatoms. The van der Waals surface area contributed by atoms with Crippen molar-refractivity contribution in [2.45, 2.75) is 19.9 Å². The number of carbonyl (C=O) groups excluding carboxylic acids is 1. The van der Waals surface area contributed by atoms with E-state index in [0.29, 0.717) is 20.6 Å². The first kappa shape index (κ1) is 22.2. The standard InChI is InChI=1S/C23H18BrIN2O3S/c1-3-30-22(29)19-13(2)26-23-27(20(19)15-6-8-16(24)9-7-15)21(28)18(31-23)12-14-4-10-17(25)11-5-14/h4-12,20H,3H2,1-2H3/b18-12-/t20-/m0/s1. The van der Waals surface area contributed by atoms with Crippen LogP contribution in [0.3, 0.4) is 0 Å². The maximum absolute atomic E-state index is 13.5. The SMILES string of the molecule is CCOC(=O)C1=C(C)N=c2s/c(=C\c3ccc(I)cc3)c(=O)n2[C@H]1c1ccc(Br)cc1. The van der Waals surface area contributed by atoms with Crippen molar-refractivity contribution in [2.24, 2.45) is 4.99 Å². The molecular formula is C23H18BrIN2O3S. The van der Waals surface area contributed by atoms with Crippen molar-refractivity contribution in [1.29, 1.82) is 0 Å². The first-order valence-corrected chi connectivity index (χ1v) is 12.3. The van der Waals surface area contributed by atoms with Gasteiger partial charge in [-0.3, -0.25) is 9.36 Å². The van der Waals surface area contributed by atoms with E-state index in [0.717, 1.165) is 19.2 Å². The highest BCUT2D eigenvalue weighted by Crippen LogP contribution is 2.31. The van der Waals surface area contributed by atoms with Gasteiger partial charge in [-0.1, -0.05) is 51.5 Å². The highest BCUT2D eigenvalue weighted by Gasteiger charge is 2.33. The molecule has 0 saturated heterocycles. The predicted octanol–water partition coefficient (Wildman–Crippen LogP) is 4.17. The number of halogens is 2. The molecular weight excluding hydrogens is 591 g/mol.